The van der Waals surface area contributed by atoms with Crippen LogP contribution in [0.3, 0.4) is 0 Å². The number of esters is 1. The molecule has 1 aromatic heterocycles. The van der Waals surface area contributed by atoms with Crippen molar-refractivity contribution in [2.75, 3.05) is 31.1 Å². The quantitative estimate of drug-likeness (QED) is 0.183. The maximum Gasteiger partial charge on any atom is 0.413 e. The molecule has 0 aliphatic carbocycles. The third-order valence-corrected chi connectivity index (χ3v) is 8.43. The van der Waals surface area contributed by atoms with Gasteiger partial charge in [-0.25, -0.2) is 14.6 Å². The van der Waals surface area contributed by atoms with E-state index in [1.165, 1.54) is 23.7 Å². The summed E-state index contributed by atoms with van der Waals surface area (Å²) in [6, 6.07) is 6.15. The number of nitrogens with one attached hydrogen (secondary N) is 2. The van der Waals surface area contributed by atoms with E-state index in [1.54, 1.807) is 57.5 Å². The van der Waals surface area contributed by atoms with Gasteiger partial charge in [0.25, 0.3) is 11.8 Å². The van der Waals surface area contributed by atoms with E-state index in [9.17, 15) is 19.2 Å². The molecular formula is C27H30ClN5O7S2. The maximum atomic E-state index is 13.2. The molecule has 224 valence electrons. The lowest BCUT2D eigenvalue weighted by atomic mass is 10.0. The number of alkyl halides is 1. The second kappa shape index (κ2) is 13.1. The molecule has 0 spiro atoms. The number of fused-ring (bicyclic) bond motifs is 1. The Kier molecular flexibility index (Phi) is 9.79. The average Bonchev–Trinajstić information content (AvgIpc) is 3.40. The number of thiazole rings is 1. The topological polar surface area (TPSA) is 149 Å². The SMILES string of the molecule is C/N=C(\C(=O)NC1C(=O)N2C(C(=O)OCc3ccc(OC)cc3)=C(CCl)CSC12)c1csc(NC(=O)OC(C)(C)C)n1. The molecule has 0 radical (unpaired) electrons. The molecule has 15 heteroatoms. The smallest absolute Gasteiger partial charge is 0.413 e. The summed E-state index contributed by atoms with van der Waals surface area (Å²) in [5.41, 5.74) is 0.924. The third kappa shape index (κ3) is 7.05. The van der Waals surface area contributed by atoms with E-state index in [2.05, 4.69) is 20.6 Å². The van der Waals surface area contributed by atoms with Crippen LogP contribution in [0.5, 0.6) is 5.75 Å². The largest absolute Gasteiger partial charge is 0.497 e. The van der Waals surface area contributed by atoms with Crippen LogP contribution in [0.25, 0.3) is 0 Å². The van der Waals surface area contributed by atoms with Gasteiger partial charge in [-0.1, -0.05) is 12.1 Å². The molecule has 2 unspecified atom stereocenters. The highest BCUT2D eigenvalue weighted by Crippen LogP contribution is 2.41. The van der Waals surface area contributed by atoms with Crippen LogP contribution in [0.15, 0.2) is 45.9 Å². The Morgan fingerprint density at radius 3 is 2.55 bits per heavy atom. The normalized spacial score (nSPS) is 18.6. The number of amides is 3. The molecule has 3 amide bonds. The standard InChI is InChI=1S/C27H30ClN5O7S2/c1-27(2,3)40-26(37)32-25-30-17(13-42-25)18(29-4)21(34)31-19-22(35)33-20(15(10-28)12-41-23(19)33)24(36)39-11-14-6-8-16(38-5)9-7-14/h6-9,13,19,23H,10-12H2,1-5H3,(H,31,34)(H,30,32,37)/b29-18-. The zero-order valence-electron chi connectivity index (χ0n) is 23.6. The van der Waals surface area contributed by atoms with Gasteiger partial charge in [0.2, 0.25) is 0 Å². The number of carbonyl (C=O) groups excluding carboxylic acids is 4. The molecule has 0 bridgehead atoms. The van der Waals surface area contributed by atoms with E-state index in [1.807, 2.05) is 0 Å². The highest BCUT2D eigenvalue weighted by atomic mass is 35.5. The van der Waals surface area contributed by atoms with E-state index in [0.717, 1.165) is 16.9 Å². The van der Waals surface area contributed by atoms with Gasteiger partial charge in [-0.05, 0) is 44.0 Å². The second-order valence-corrected chi connectivity index (χ2v) is 12.3. The van der Waals surface area contributed by atoms with Crippen molar-refractivity contribution in [2.45, 2.75) is 44.4 Å². The summed E-state index contributed by atoms with van der Waals surface area (Å²) in [5, 5.41) is 6.48. The molecule has 42 heavy (non-hydrogen) atoms. The van der Waals surface area contributed by atoms with Gasteiger partial charge in [0.1, 0.15) is 46.5 Å². The van der Waals surface area contributed by atoms with Crippen LogP contribution in [0.2, 0.25) is 0 Å². The van der Waals surface area contributed by atoms with Gasteiger partial charge in [0.05, 0.1) is 7.11 Å². The average molecular weight is 636 g/mol. The van der Waals surface area contributed by atoms with Crippen molar-refractivity contribution in [3.8, 4) is 5.75 Å². The van der Waals surface area contributed by atoms with Gasteiger partial charge in [0.15, 0.2) is 5.13 Å². The van der Waals surface area contributed by atoms with Crippen molar-refractivity contribution in [3.63, 3.8) is 0 Å². The number of nitrogens with zero attached hydrogens (tertiary/aromatic N) is 3. The minimum absolute atomic E-state index is 0.00334. The number of methoxy groups -OCH3 is 1. The lowest BCUT2D eigenvalue weighted by Gasteiger charge is -2.49. The first-order valence-corrected chi connectivity index (χ1v) is 15.2. The zero-order chi connectivity index (χ0) is 30.6. The number of benzene rings is 1. The predicted octanol–water partition coefficient (Wildman–Crippen LogP) is 3.55. The van der Waals surface area contributed by atoms with Crippen LogP contribution in [0, 0.1) is 0 Å². The Morgan fingerprint density at radius 1 is 1.21 bits per heavy atom. The summed E-state index contributed by atoms with van der Waals surface area (Å²) >= 11 is 8.59. The van der Waals surface area contributed by atoms with Crippen molar-refractivity contribution in [3.05, 3.63) is 52.2 Å². The van der Waals surface area contributed by atoms with Crippen LogP contribution in [0.1, 0.15) is 32.0 Å². The van der Waals surface area contributed by atoms with Gasteiger partial charge in [-0.2, -0.15) is 0 Å². The van der Waals surface area contributed by atoms with Gasteiger partial charge in [-0.15, -0.1) is 34.7 Å². The molecule has 2 N–H and O–H groups in total. The van der Waals surface area contributed by atoms with Gasteiger partial charge in [-0.3, -0.25) is 24.8 Å². The highest BCUT2D eigenvalue weighted by Gasteiger charge is 2.54. The van der Waals surface area contributed by atoms with Crippen molar-refractivity contribution < 1.29 is 33.4 Å². The number of carbonyl (C=O) groups is 4. The van der Waals surface area contributed by atoms with E-state index < -0.39 is 40.9 Å². The molecule has 0 saturated carbocycles. The van der Waals surface area contributed by atoms with E-state index in [0.29, 0.717) is 17.1 Å². The Labute approximate surface area is 255 Å². The number of aromatic nitrogens is 1. The van der Waals surface area contributed by atoms with Crippen LogP contribution >= 0.6 is 34.7 Å². The molecule has 1 fully saturated rings. The summed E-state index contributed by atoms with van der Waals surface area (Å²) in [4.78, 5) is 61.2. The van der Waals surface area contributed by atoms with Crippen molar-refractivity contribution in [2.24, 2.45) is 4.99 Å². The minimum Gasteiger partial charge on any atom is -0.497 e. The number of halogens is 1. The fourth-order valence-electron chi connectivity index (χ4n) is 4.09. The Bertz CT molecular complexity index is 1430. The van der Waals surface area contributed by atoms with Crippen LogP contribution in [-0.2, 0) is 30.5 Å². The molecule has 2 aliphatic rings. The van der Waals surface area contributed by atoms with E-state index in [-0.39, 0.29) is 34.7 Å². The van der Waals surface area contributed by atoms with Crippen molar-refractivity contribution >= 4 is 69.4 Å². The first kappa shape index (κ1) is 31.3. The van der Waals surface area contributed by atoms with Gasteiger partial charge >= 0.3 is 12.1 Å². The molecule has 2 aliphatic heterocycles. The number of thioether (sulfide) groups is 1. The first-order chi connectivity index (χ1) is 19.9. The lowest BCUT2D eigenvalue weighted by molar-refractivity contribution is -0.153. The Balaban J connectivity index is 1.40. The first-order valence-electron chi connectivity index (χ1n) is 12.7. The lowest BCUT2D eigenvalue weighted by Crippen LogP contribution is -2.71. The third-order valence-electron chi connectivity index (χ3n) is 6.01. The molecule has 1 saturated heterocycles. The zero-order valence-corrected chi connectivity index (χ0v) is 25.9. The maximum absolute atomic E-state index is 13.2. The Hall–Kier alpha value is -3.62. The van der Waals surface area contributed by atoms with Crippen LogP contribution in [-0.4, -0.2) is 82.3 Å². The summed E-state index contributed by atoms with van der Waals surface area (Å²) in [6.45, 7) is 5.21. The van der Waals surface area contributed by atoms with Gasteiger partial charge in [0, 0.05) is 24.1 Å². The summed E-state index contributed by atoms with van der Waals surface area (Å²) in [7, 11) is 2.98. The summed E-state index contributed by atoms with van der Waals surface area (Å²) in [6.07, 6.45) is -0.681. The molecule has 2 atom stereocenters. The van der Waals surface area contributed by atoms with E-state index >= 15 is 0 Å². The summed E-state index contributed by atoms with van der Waals surface area (Å²) in [5.74, 6) is -0.663. The molecule has 1 aromatic carbocycles. The van der Waals surface area contributed by atoms with Crippen LogP contribution in [0.4, 0.5) is 9.93 Å². The fraction of sp³-hybridized carbons (Fsp3) is 0.407. The number of hydrogen-bond acceptors (Lipinski definition) is 11. The molecular weight excluding hydrogens is 606 g/mol. The van der Waals surface area contributed by atoms with Crippen molar-refractivity contribution in [1.29, 1.82) is 0 Å². The molecule has 12 nitrogen and oxygen atoms in total. The van der Waals surface area contributed by atoms with Crippen LogP contribution < -0.4 is 15.4 Å². The number of β-lactam (4-membered cyclic amide) rings is 1. The number of anilines is 1. The number of aliphatic imine (C=N–C) groups is 1. The Morgan fingerprint density at radius 2 is 1.93 bits per heavy atom. The predicted molar refractivity (Wildman–Crippen MR) is 160 cm³/mol. The van der Waals surface area contributed by atoms with Crippen molar-refractivity contribution in [1.82, 2.24) is 15.2 Å². The summed E-state index contributed by atoms with van der Waals surface area (Å²) < 4.78 is 15.9. The highest BCUT2D eigenvalue weighted by molar-refractivity contribution is 8.00. The fourth-order valence-corrected chi connectivity index (χ4v) is 6.45. The van der Waals surface area contributed by atoms with E-state index in [4.69, 9.17) is 25.8 Å². The molecule has 4 rings (SSSR count). The van der Waals surface area contributed by atoms with Gasteiger partial charge < -0.3 is 19.5 Å². The minimum atomic E-state index is -0.904. The molecule has 3 heterocycles. The molecule has 2 aromatic rings. The number of rotatable bonds is 9. The number of hydrogen-bond donors (Lipinski definition) is 2. The second-order valence-electron chi connectivity index (χ2n) is 10.1. The number of ether oxygens (including phenoxy) is 3. The monoisotopic (exact) mass is 635 g/mol.